The van der Waals surface area contributed by atoms with Crippen LogP contribution in [0.25, 0.3) is 0 Å². The Morgan fingerprint density at radius 3 is 2.62 bits per heavy atom. The van der Waals surface area contributed by atoms with E-state index in [1.165, 1.54) is 31.9 Å². The van der Waals surface area contributed by atoms with Gasteiger partial charge in [0.1, 0.15) is 5.00 Å². The van der Waals surface area contributed by atoms with Crippen LogP contribution >= 0.6 is 22.7 Å². The molecule has 0 radical (unpaired) electrons. The molecule has 0 atom stereocenters. The van der Waals surface area contributed by atoms with Crippen LogP contribution in [0.3, 0.4) is 0 Å². The zero-order valence-electron chi connectivity index (χ0n) is 17.3. The lowest BCUT2D eigenvalue weighted by Gasteiger charge is -2.17. The number of thiophene rings is 2. The van der Waals surface area contributed by atoms with Gasteiger partial charge in [0.2, 0.25) is 15.8 Å². The number of nitrogens with zero attached hydrogens (tertiary/aromatic N) is 1. The molecule has 0 saturated carbocycles. The fourth-order valence-electron chi connectivity index (χ4n) is 4.33. The molecule has 2 aromatic heterocycles. The number of carbonyl (C=O) groups excluding carboxylic acids is 2. The molecule has 0 bridgehead atoms. The molecule has 1 aliphatic carbocycles. The first-order chi connectivity index (χ1) is 15.4. The van der Waals surface area contributed by atoms with E-state index in [1.54, 1.807) is 24.3 Å². The molecule has 1 fully saturated rings. The number of carbonyl (C=O) groups is 2. The van der Waals surface area contributed by atoms with Gasteiger partial charge < -0.3 is 5.32 Å². The molecule has 9 heteroatoms. The number of rotatable bonds is 5. The Morgan fingerprint density at radius 1 is 1.03 bits per heavy atom. The summed E-state index contributed by atoms with van der Waals surface area (Å²) >= 11 is 2.89. The molecule has 166 valence electrons. The Balaban J connectivity index is 1.47. The van der Waals surface area contributed by atoms with Gasteiger partial charge in [0.15, 0.2) is 0 Å². The van der Waals surface area contributed by atoms with Crippen molar-refractivity contribution < 1.29 is 18.0 Å². The van der Waals surface area contributed by atoms with E-state index in [1.807, 2.05) is 17.5 Å². The van der Waals surface area contributed by atoms with Crippen LogP contribution in [-0.4, -0.2) is 32.4 Å². The van der Waals surface area contributed by atoms with E-state index in [0.29, 0.717) is 39.7 Å². The summed E-state index contributed by atoms with van der Waals surface area (Å²) in [5.74, 6) is -0.271. The van der Waals surface area contributed by atoms with Gasteiger partial charge in [-0.1, -0.05) is 12.1 Å². The van der Waals surface area contributed by atoms with Gasteiger partial charge in [0.25, 0.3) is 5.91 Å². The lowest BCUT2D eigenvalue weighted by atomic mass is 9.93. The van der Waals surface area contributed by atoms with Crippen LogP contribution in [0.2, 0.25) is 0 Å². The van der Waals surface area contributed by atoms with Crippen molar-refractivity contribution in [2.45, 2.75) is 32.1 Å². The van der Waals surface area contributed by atoms with Gasteiger partial charge in [0, 0.05) is 17.0 Å². The van der Waals surface area contributed by atoms with E-state index in [4.69, 9.17) is 0 Å². The number of aryl methyl sites for hydroxylation is 1. The summed E-state index contributed by atoms with van der Waals surface area (Å²) in [7, 11) is -3.33. The van der Waals surface area contributed by atoms with Gasteiger partial charge in [-0.25, -0.2) is 8.42 Å². The van der Waals surface area contributed by atoms with Crippen molar-refractivity contribution in [1.29, 1.82) is 0 Å². The Hall–Kier alpha value is -2.49. The maximum Gasteiger partial charge on any atom is 0.256 e. The quantitative estimate of drug-likeness (QED) is 0.530. The molecule has 1 N–H and O–H groups in total. The van der Waals surface area contributed by atoms with Gasteiger partial charge in [-0.15, -0.1) is 22.7 Å². The van der Waals surface area contributed by atoms with E-state index in [9.17, 15) is 18.0 Å². The average Bonchev–Trinajstić information content (AvgIpc) is 3.51. The van der Waals surface area contributed by atoms with E-state index in [-0.39, 0.29) is 17.4 Å². The fourth-order valence-corrected chi connectivity index (χ4v) is 7.84. The highest BCUT2D eigenvalue weighted by Gasteiger charge is 2.30. The second kappa shape index (κ2) is 8.46. The van der Waals surface area contributed by atoms with Crippen molar-refractivity contribution in [2.75, 3.05) is 21.9 Å². The minimum atomic E-state index is -3.33. The van der Waals surface area contributed by atoms with Crippen molar-refractivity contribution in [2.24, 2.45) is 0 Å². The predicted molar refractivity (Wildman–Crippen MR) is 129 cm³/mol. The third-order valence-electron chi connectivity index (χ3n) is 5.87. The summed E-state index contributed by atoms with van der Waals surface area (Å²) in [6, 6.07) is 10.3. The van der Waals surface area contributed by atoms with Crippen molar-refractivity contribution in [3.05, 3.63) is 68.2 Å². The maximum atomic E-state index is 13.3. The summed E-state index contributed by atoms with van der Waals surface area (Å²) in [6.45, 7) is 0.421. The number of anilines is 2. The number of sulfonamides is 1. The molecule has 3 aromatic rings. The van der Waals surface area contributed by atoms with Crippen LogP contribution in [-0.2, 0) is 22.9 Å². The lowest BCUT2D eigenvalue weighted by molar-refractivity contribution is 0.102. The topological polar surface area (TPSA) is 83.6 Å². The van der Waals surface area contributed by atoms with E-state index in [0.717, 1.165) is 31.2 Å². The molecule has 6 nitrogen and oxygen atoms in total. The average molecular weight is 487 g/mol. The molecule has 32 heavy (non-hydrogen) atoms. The predicted octanol–water partition coefficient (Wildman–Crippen LogP) is 4.71. The van der Waals surface area contributed by atoms with Crippen LogP contribution in [0.1, 0.15) is 55.3 Å². The van der Waals surface area contributed by atoms with Crippen molar-refractivity contribution in [3.8, 4) is 0 Å². The number of hydrogen-bond donors (Lipinski definition) is 1. The highest BCUT2D eigenvalue weighted by Crippen LogP contribution is 2.40. The maximum absolute atomic E-state index is 13.3. The number of fused-ring (bicyclic) bond motifs is 1. The van der Waals surface area contributed by atoms with Crippen LogP contribution in [0.4, 0.5) is 10.7 Å². The minimum Gasteiger partial charge on any atom is -0.313 e. The van der Waals surface area contributed by atoms with Crippen LogP contribution in [0, 0.1) is 0 Å². The molecule has 1 aliphatic heterocycles. The standard InChI is InChI=1S/C23H22N2O4S3/c26-21(19-10-4-12-30-19)20-17-8-1-2-9-18(17)31-23(20)24-22(27)15-6-3-7-16(14-15)25-11-5-13-32(25,28)29/h3-4,6-7,10,12,14H,1-2,5,8-9,11,13H2,(H,24,27). The molecule has 1 amide bonds. The highest BCUT2D eigenvalue weighted by atomic mass is 32.2. The number of hydrogen-bond acceptors (Lipinski definition) is 6. The number of amides is 1. The largest absolute Gasteiger partial charge is 0.313 e. The zero-order valence-corrected chi connectivity index (χ0v) is 19.7. The summed E-state index contributed by atoms with van der Waals surface area (Å²) in [4.78, 5) is 28.2. The number of benzene rings is 1. The Bertz CT molecular complexity index is 1290. The first kappa shape index (κ1) is 21.4. The highest BCUT2D eigenvalue weighted by molar-refractivity contribution is 7.93. The monoisotopic (exact) mass is 486 g/mol. The molecule has 2 aliphatic rings. The molecular weight excluding hydrogens is 464 g/mol. The molecule has 5 rings (SSSR count). The number of ketones is 1. The Labute approximate surface area is 194 Å². The van der Waals surface area contributed by atoms with Crippen LogP contribution in [0.15, 0.2) is 41.8 Å². The van der Waals surface area contributed by atoms with E-state index >= 15 is 0 Å². The summed E-state index contributed by atoms with van der Waals surface area (Å²) in [6.07, 6.45) is 4.46. The van der Waals surface area contributed by atoms with Gasteiger partial charge in [0.05, 0.1) is 21.9 Å². The van der Waals surface area contributed by atoms with Crippen molar-refractivity contribution >= 4 is 55.1 Å². The normalized spacial score (nSPS) is 17.2. The summed E-state index contributed by atoms with van der Waals surface area (Å²) < 4.78 is 25.9. The molecule has 1 saturated heterocycles. The second-order valence-corrected chi connectivity index (χ2v) is 12.0. The first-order valence-electron chi connectivity index (χ1n) is 10.6. The van der Waals surface area contributed by atoms with Gasteiger partial charge >= 0.3 is 0 Å². The minimum absolute atomic E-state index is 0.0494. The molecule has 0 spiro atoms. The van der Waals surface area contributed by atoms with Crippen LogP contribution in [0.5, 0.6) is 0 Å². The summed E-state index contributed by atoms with van der Waals surface area (Å²) in [5, 5.41) is 5.42. The summed E-state index contributed by atoms with van der Waals surface area (Å²) in [5.41, 5.74) is 2.53. The third kappa shape index (κ3) is 3.89. The van der Waals surface area contributed by atoms with Gasteiger partial charge in [-0.2, -0.15) is 0 Å². The van der Waals surface area contributed by atoms with Crippen molar-refractivity contribution in [1.82, 2.24) is 0 Å². The third-order valence-corrected chi connectivity index (χ3v) is 9.81. The zero-order chi connectivity index (χ0) is 22.3. The van der Waals surface area contributed by atoms with Gasteiger partial charge in [-0.05, 0) is 67.3 Å². The van der Waals surface area contributed by atoms with Crippen LogP contribution < -0.4 is 9.62 Å². The SMILES string of the molecule is O=C(Nc1sc2c(c1C(=O)c1cccs1)CCCC2)c1cccc(N2CCCS2(=O)=O)c1. The number of nitrogens with one attached hydrogen (secondary N) is 1. The molecule has 3 heterocycles. The van der Waals surface area contributed by atoms with Crippen molar-refractivity contribution in [3.63, 3.8) is 0 Å². The Kier molecular flexibility index (Phi) is 5.65. The fraction of sp³-hybridized carbons (Fsp3) is 0.304. The molecular formula is C23H22N2O4S3. The van der Waals surface area contributed by atoms with Gasteiger partial charge in [-0.3, -0.25) is 13.9 Å². The first-order valence-corrected chi connectivity index (χ1v) is 13.9. The second-order valence-electron chi connectivity index (χ2n) is 7.97. The Morgan fingerprint density at radius 2 is 1.88 bits per heavy atom. The lowest BCUT2D eigenvalue weighted by Crippen LogP contribution is -2.25. The molecule has 1 aromatic carbocycles. The smallest absolute Gasteiger partial charge is 0.256 e. The molecule has 0 unspecified atom stereocenters. The van der Waals surface area contributed by atoms with E-state index in [2.05, 4.69) is 5.32 Å². The van der Waals surface area contributed by atoms with E-state index < -0.39 is 10.0 Å².